The normalized spacial score (nSPS) is 25.1. The van der Waals surface area contributed by atoms with E-state index in [-0.39, 0.29) is 0 Å². The highest BCUT2D eigenvalue weighted by atomic mass is 16.5. The van der Waals surface area contributed by atoms with Crippen LogP contribution in [0.15, 0.2) is 11.3 Å². The Morgan fingerprint density at radius 2 is 1.74 bits per heavy atom. The van der Waals surface area contributed by atoms with E-state index in [0.717, 1.165) is 26.3 Å². The van der Waals surface area contributed by atoms with Crippen LogP contribution in [0, 0.1) is 5.41 Å². The monoisotopic (exact) mass is 265 g/mol. The zero-order valence-electron chi connectivity index (χ0n) is 13.1. The fraction of sp³-hybridized carbons (Fsp3) is 0.882. The molecule has 19 heavy (non-hydrogen) atoms. The van der Waals surface area contributed by atoms with Gasteiger partial charge in [0.25, 0.3) is 0 Å². The summed E-state index contributed by atoms with van der Waals surface area (Å²) in [4.78, 5) is 2.60. The zero-order chi connectivity index (χ0) is 13.7. The minimum atomic E-state index is 0.459. The van der Waals surface area contributed by atoms with E-state index in [9.17, 15) is 0 Å². The van der Waals surface area contributed by atoms with Gasteiger partial charge >= 0.3 is 0 Å². The fourth-order valence-electron chi connectivity index (χ4n) is 3.71. The van der Waals surface area contributed by atoms with Crippen LogP contribution >= 0.6 is 0 Å². The quantitative estimate of drug-likeness (QED) is 0.748. The number of hydrogen-bond acceptors (Lipinski definition) is 2. The van der Waals surface area contributed by atoms with Gasteiger partial charge in [-0.25, -0.2) is 0 Å². The molecule has 2 rings (SSSR count). The molecule has 1 saturated carbocycles. The van der Waals surface area contributed by atoms with Crippen molar-refractivity contribution in [3.8, 4) is 0 Å². The van der Waals surface area contributed by atoms with E-state index in [0.29, 0.717) is 5.41 Å². The van der Waals surface area contributed by atoms with Gasteiger partial charge in [0.15, 0.2) is 0 Å². The molecule has 1 aliphatic heterocycles. The highest BCUT2D eigenvalue weighted by Gasteiger charge is 2.31. The molecule has 1 heterocycles. The van der Waals surface area contributed by atoms with Gasteiger partial charge < -0.3 is 9.64 Å². The van der Waals surface area contributed by atoms with Crippen LogP contribution in [0.3, 0.4) is 0 Å². The average Bonchev–Trinajstić information content (AvgIpc) is 2.46. The van der Waals surface area contributed by atoms with Crippen molar-refractivity contribution in [3.63, 3.8) is 0 Å². The molecule has 0 spiro atoms. The van der Waals surface area contributed by atoms with Crippen LogP contribution in [0.4, 0.5) is 0 Å². The molecule has 0 amide bonds. The van der Waals surface area contributed by atoms with Gasteiger partial charge in [-0.3, -0.25) is 0 Å². The number of allylic oxidation sites excluding steroid dienone is 2. The molecule has 0 atom stereocenters. The molecule has 0 aromatic rings. The summed E-state index contributed by atoms with van der Waals surface area (Å²) in [5, 5.41) is 0. The third-order valence-electron chi connectivity index (χ3n) is 5.17. The van der Waals surface area contributed by atoms with E-state index >= 15 is 0 Å². The third kappa shape index (κ3) is 3.53. The molecule has 0 aromatic carbocycles. The summed E-state index contributed by atoms with van der Waals surface area (Å²) < 4.78 is 5.51. The largest absolute Gasteiger partial charge is 0.378 e. The molecular weight excluding hydrogens is 234 g/mol. The van der Waals surface area contributed by atoms with Crippen molar-refractivity contribution < 1.29 is 4.74 Å². The number of rotatable bonds is 4. The van der Waals surface area contributed by atoms with Gasteiger partial charge in [0.2, 0.25) is 0 Å². The maximum absolute atomic E-state index is 5.51. The van der Waals surface area contributed by atoms with E-state index in [4.69, 9.17) is 4.74 Å². The molecule has 110 valence electrons. The van der Waals surface area contributed by atoms with Crippen molar-refractivity contribution in [1.29, 1.82) is 0 Å². The van der Waals surface area contributed by atoms with Gasteiger partial charge in [-0.15, -0.1) is 0 Å². The molecule has 0 radical (unpaired) electrons. The Kier molecular flexibility index (Phi) is 5.32. The van der Waals surface area contributed by atoms with Crippen molar-refractivity contribution in [2.45, 2.75) is 65.7 Å². The number of hydrogen-bond donors (Lipinski definition) is 0. The predicted molar refractivity (Wildman–Crippen MR) is 81.2 cm³/mol. The Bertz CT molecular complexity index is 309. The number of nitrogens with zero attached hydrogens (tertiary/aromatic N) is 1. The van der Waals surface area contributed by atoms with Crippen LogP contribution in [0.1, 0.15) is 65.7 Å². The fourth-order valence-corrected chi connectivity index (χ4v) is 3.71. The van der Waals surface area contributed by atoms with E-state index in [2.05, 4.69) is 25.7 Å². The van der Waals surface area contributed by atoms with Crippen LogP contribution in [-0.2, 0) is 4.74 Å². The Morgan fingerprint density at radius 3 is 2.32 bits per heavy atom. The van der Waals surface area contributed by atoms with Crippen molar-refractivity contribution in [2.24, 2.45) is 5.41 Å². The molecule has 0 bridgehead atoms. The molecule has 2 fully saturated rings. The molecule has 2 nitrogen and oxygen atoms in total. The lowest BCUT2D eigenvalue weighted by Gasteiger charge is -2.40. The lowest BCUT2D eigenvalue weighted by molar-refractivity contribution is 0.0502. The zero-order valence-corrected chi connectivity index (χ0v) is 13.1. The van der Waals surface area contributed by atoms with Crippen LogP contribution in [-0.4, -0.2) is 31.2 Å². The second-order valence-corrected chi connectivity index (χ2v) is 6.54. The highest BCUT2D eigenvalue weighted by molar-refractivity contribution is 5.20. The third-order valence-corrected chi connectivity index (χ3v) is 5.17. The predicted octanol–water partition coefficient (Wildman–Crippen LogP) is 4.36. The summed E-state index contributed by atoms with van der Waals surface area (Å²) in [5.41, 5.74) is 3.77. The van der Waals surface area contributed by atoms with Crippen LogP contribution in [0.2, 0.25) is 0 Å². The standard InChI is InChI=1S/C17H31NO/c1-4-8-16(18-11-13-19-14-12-18)15(2)17(3)9-6-5-7-10-17/h4-14H2,1-3H3/b16-15-. The maximum Gasteiger partial charge on any atom is 0.0642 e. The van der Waals surface area contributed by atoms with E-state index in [1.165, 1.54) is 44.9 Å². The first-order valence-corrected chi connectivity index (χ1v) is 8.20. The molecule has 2 heteroatoms. The Balaban J connectivity index is 2.20. The maximum atomic E-state index is 5.51. The summed E-state index contributed by atoms with van der Waals surface area (Å²) in [6.07, 6.45) is 9.52. The van der Waals surface area contributed by atoms with Crippen molar-refractivity contribution in [3.05, 3.63) is 11.3 Å². The van der Waals surface area contributed by atoms with Crippen LogP contribution in [0.25, 0.3) is 0 Å². The Hall–Kier alpha value is -0.500. The first-order valence-electron chi connectivity index (χ1n) is 8.20. The molecule has 0 N–H and O–H groups in total. The van der Waals surface area contributed by atoms with Crippen LogP contribution < -0.4 is 0 Å². The second kappa shape index (κ2) is 6.78. The van der Waals surface area contributed by atoms with Gasteiger partial charge in [0.1, 0.15) is 0 Å². The summed E-state index contributed by atoms with van der Waals surface area (Å²) in [6, 6.07) is 0. The highest BCUT2D eigenvalue weighted by Crippen LogP contribution is 2.44. The molecule has 1 aliphatic carbocycles. The summed E-state index contributed by atoms with van der Waals surface area (Å²) in [7, 11) is 0. The molecule has 0 aromatic heterocycles. The molecule has 1 saturated heterocycles. The van der Waals surface area contributed by atoms with Gasteiger partial charge in [0.05, 0.1) is 13.2 Å². The van der Waals surface area contributed by atoms with Gasteiger partial charge in [-0.05, 0) is 37.2 Å². The van der Waals surface area contributed by atoms with E-state index < -0.39 is 0 Å². The average molecular weight is 265 g/mol. The minimum Gasteiger partial charge on any atom is -0.378 e. The van der Waals surface area contributed by atoms with Crippen molar-refractivity contribution >= 4 is 0 Å². The molecule has 2 aliphatic rings. The molecule has 0 unspecified atom stereocenters. The van der Waals surface area contributed by atoms with Crippen molar-refractivity contribution in [2.75, 3.05) is 26.3 Å². The minimum absolute atomic E-state index is 0.459. The summed E-state index contributed by atoms with van der Waals surface area (Å²) in [6.45, 7) is 11.2. The Labute approximate surface area is 119 Å². The topological polar surface area (TPSA) is 12.5 Å². The Morgan fingerprint density at radius 1 is 1.11 bits per heavy atom. The van der Waals surface area contributed by atoms with E-state index in [1.54, 1.807) is 11.3 Å². The summed E-state index contributed by atoms with van der Waals surface area (Å²) in [5.74, 6) is 0. The molecular formula is C17H31NO. The first kappa shape index (κ1) is 14.9. The van der Waals surface area contributed by atoms with Gasteiger partial charge in [-0.2, -0.15) is 0 Å². The summed E-state index contributed by atoms with van der Waals surface area (Å²) >= 11 is 0. The second-order valence-electron chi connectivity index (χ2n) is 6.54. The van der Waals surface area contributed by atoms with Gasteiger partial charge in [-0.1, -0.05) is 39.5 Å². The van der Waals surface area contributed by atoms with Crippen molar-refractivity contribution in [1.82, 2.24) is 4.90 Å². The number of morpholine rings is 1. The lowest BCUT2D eigenvalue weighted by atomic mass is 9.70. The van der Waals surface area contributed by atoms with Gasteiger partial charge in [0, 0.05) is 18.8 Å². The first-order chi connectivity index (χ1) is 9.17. The lowest BCUT2D eigenvalue weighted by Crippen LogP contribution is -2.37. The number of ether oxygens (including phenoxy) is 1. The smallest absolute Gasteiger partial charge is 0.0642 e. The SMILES string of the molecule is CCC/C(=C(\C)C1(C)CCCCC1)N1CCOCC1. The van der Waals surface area contributed by atoms with E-state index in [1.807, 2.05) is 0 Å². The van der Waals surface area contributed by atoms with Crippen LogP contribution in [0.5, 0.6) is 0 Å².